The third-order valence-corrected chi connectivity index (χ3v) is 5.77. The van der Waals surface area contributed by atoms with Gasteiger partial charge in [-0.1, -0.05) is 60.2 Å². The second-order valence-corrected chi connectivity index (χ2v) is 8.39. The number of nitrogens with one attached hydrogen (secondary N) is 1. The quantitative estimate of drug-likeness (QED) is 0.349. The second-order valence-electron chi connectivity index (χ2n) is 7.33. The molecule has 1 N–H and O–H groups in total. The van der Waals surface area contributed by atoms with E-state index in [4.69, 9.17) is 9.15 Å². The Balaban J connectivity index is 1.46. The van der Waals surface area contributed by atoms with Gasteiger partial charge in [0.15, 0.2) is 6.61 Å². The highest BCUT2D eigenvalue weighted by atomic mass is 32.2. The summed E-state index contributed by atoms with van der Waals surface area (Å²) in [6.07, 6.45) is 0. The molecule has 1 aromatic heterocycles. The molecule has 0 aliphatic carbocycles. The van der Waals surface area contributed by atoms with E-state index < -0.39 is 5.25 Å². The van der Waals surface area contributed by atoms with Gasteiger partial charge in [-0.05, 0) is 61.0 Å². The van der Waals surface area contributed by atoms with Crippen molar-refractivity contribution in [2.24, 2.45) is 0 Å². The first-order valence-corrected chi connectivity index (χ1v) is 11.1. The molecule has 0 aliphatic rings. The summed E-state index contributed by atoms with van der Waals surface area (Å²) in [6.45, 7) is 4.16. The van der Waals surface area contributed by atoms with Gasteiger partial charge in [0.05, 0.1) is 0 Å². The normalized spacial score (nSPS) is 11.7. The van der Waals surface area contributed by atoms with E-state index in [-0.39, 0.29) is 12.5 Å². The Labute approximate surface area is 191 Å². The number of hydrogen-bond acceptors (Lipinski definition) is 6. The molecule has 0 saturated heterocycles. The van der Waals surface area contributed by atoms with Gasteiger partial charge in [0.2, 0.25) is 5.91 Å². The monoisotopic (exact) mass is 445 g/mol. The van der Waals surface area contributed by atoms with Crippen LogP contribution in [0.15, 0.2) is 88.5 Å². The lowest BCUT2D eigenvalue weighted by Gasteiger charge is -2.15. The van der Waals surface area contributed by atoms with Gasteiger partial charge in [-0.3, -0.25) is 4.79 Å². The molecule has 6 nitrogen and oxygen atoms in total. The average molecular weight is 446 g/mol. The summed E-state index contributed by atoms with van der Waals surface area (Å²) in [5.74, 6) is 0.914. The fourth-order valence-corrected chi connectivity index (χ4v) is 3.93. The van der Waals surface area contributed by atoms with Crippen LogP contribution in [0.2, 0.25) is 0 Å². The zero-order chi connectivity index (χ0) is 22.3. The smallest absolute Gasteiger partial charge is 0.277 e. The van der Waals surface area contributed by atoms with Crippen LogP contribution < -0.4 is 10.1 Å². The summed E-state index contributed by atoms with van der Waals surface area (Å²) >= 11 is 1.21. The van der Waals surface area contributed by atoms with Gasteiger partial charge >= 0.3 is 0 Å². The number of rotatable bonds is 8. The molecular weight excluding hydrogens is 422 g/mol. The van der Waals surface area contributed by atoms with Crippen LogP contribution in [-0.4, -0.2) is 16.1 Å². The van der Waals surface area contributed by atoms with Crippen molar-refractivity contribution >= 4 is 23.4 Å². The van der Waals surface area contributed by atoms with Crippen molar-refractivity contribution in [2.45, 2.75) is 30.9 Å². The molecule has 1 atom stereocenters. The Morgan fingerprint density at radius 1 is 0.969 bits per heavy atom. The maximum atomic E-state index is 13.1. The number of thioether (sulfide) groups is 1. The standard InChI is InChI=1S/C25H23N3O3S/c1-17-11-13-20(14-12-17)26-24(29)23(19-8-4-3-5-9-19)32-25-28-27-22(31-25)16-30-21-10-6-7-18(2)15-21/h3-15,23H,16H2,1-2H3,(H,26,29). The predicted octanol–water partition coefficient (Wildman–Crippen LogP) is 5.74. The summed E-state index contributed by atoms with van der Waals surface area (Å²) in [6, 6.07) is 24.9. The van der Waals surface area contributed by atoms with Crippen LogP contribution in [-0.2, 0) is 11.4 Å². The van der Waals surface area contributed by atoms with Crippen LogP contribution in [0.1, 0.15) is 27.8 Å². The molecule has 162 valence electrons. The zero-order valence-electron chi connectivity index (χ0n) is 17.8. The largest absolute Gasteiger partial charge is 0.484 e. The first-order valence-electron chi connectivity index (χ1n) is 10.2. The maximum absolute atomic E-state index is 13.1. The van der Waals surface area contributed by atoms with Gasteiger partial charge < -0.3 is 14.5 Å². The lowest BCUT2D eigenvalue weighted by atomic mass is 10.1. The molecule has 1 amide bonds. The van der Waals surface area contributed by atoms with E-state index in [0.717, 1.165) is 28.1 Å². The number of hydrogen-bond donors (Lipinski definition) is 1. The Bertz CT molecular complexity index is 1180. The van der Waals surface area contributed by atoms with Crippen molar-refractivity contribution in [1.29, 1.82) is 0 Å². The van der Waals surface area contributed by atoms with E-state index in [2.05, 4.69) is 15.5 Å². The van der Waals surface area contributed by atoms with E-state index in [1.165, 1.54) is 11.8 Å². The van der Waals surface area contributed by atoms with Crippen LogP contribution in [0.5, 0.6) is 5.75 Å². The third kappa shape index (κ3) is 5.76. The van der Waals surface area contributed by atoms with Crippen LogP contribution in [0.25, 0.3) is 0 Å². The number of ether oxygens (including phenoxy) is 1. The Morgan fingerprint density at radius 3 is 2.50 bits per heavy atom. The van der Waals surface area contributed by atoms with Crippen molar-refractivity contribution in [3.63, 3.8) is 0 Å². The van der Waals surface area contributed by atoms with Crippen LogP contribution in [0, 0.1) is 13.8 Å². The van der Waals surface area contributed by atoms with Crippen molar-refractivity contribution in [3.05, 3.63) is 101 Å². The van der Waals surface area contributed by atoms with Gasteiger partial charge in [0.25, 0.3) is 11.1 Å². The van der Waals surface area contributed by atoms with Crippen molar-refractivity contribution < 1.29 is 13.9 Å². The van der Waals surface area contributed by atoms with Gasteiger partial charge in [0.1, 0.15) is 11.0 Å². The van der Waals surface area contributed by atoms with E-state index in [1.54, 1.807) is 0 Å². The molecule has 0 bridgehead atoms. The highest BCUT2D eigenvalue weighted by Gasteiger charge is 2.25. The second kappa shape index (κ2) is 10.2. The number of amides is 1. The van der Waals surface area contributed by atoms with E-state index in [1.807, 2.05) is 92.7 Å². The van der Waals surface area contributed by atoms with Crippen molar-refractivity contribution in [1.82, 2.24) is 10.2 Å². The minimum Gasteiger partial charge on any atom is -0.484 e. The molecule has 3 aromatic carbocycles. The highest BCUT2D eigenvalue weighted by molar-refractivity contribution is 8.00. The lowest BCUT2D eigenvalue weighted by molar-refractivity contribution is -0.115. The minimum absolute atomic E-state index is 0.155. The Hall–Kier alpha value is -3.58. The molecule has 0 aliphatic heterocycles. The molecular formula is C25H23N3O3S. The molecule has 0 saturated carbocycles. The van der Waals surface area contributed by atoms with E-state index >= 15 is 0 Å². The molecule has 7 heteroatoms. The van der Waals surface area contributed by atoms with Crippen molar-refractivity contribution in [3.8, 4) is 5.75 Å². The summed E-state index contributed by atoms with van der Waals surface area (Å²) in [5.41, 5.74) is 3.82. The maximum Gasteiger partial charge on any atom is 0.277 e. The highest BCUT2D eigenvalue weighted by Crippen LogP contribution is 2.35. The third-order valence-electron chi connectivity index (χ3n) is 4.68. The number of aromatic nitrogens is 2. The van der Waals surface area contributed by atoms with Crippen LogP contribution in [0.4, 0.5) is 5.69 Å². The summed E-state index contributed by atoms with van der Waals surface area (Å²) in [5, 5.41) is 10.9. The number of nitrogens with zero attached hydrogens (tertiary/aromatic N) is 2. The summed E-state index contributed by atoms with van der Waals surface area (Å²) < 4.78 is 11.5. The number of anilines is 1. The molecule has 0 spiro atoms. The SMILES string of the molecule is Cc1ccc(NC(=O)C(Sc2nnc(COc3cccc(C)c3)o2)c2ccccc2)cc1. The molecule has 1 unspecified atom stereocenters. The zero-order valence-corrected chi connectivity index (χ0v) is 18.6. The van der Waals surface area contributed by atoms with Gasteiger partial charge in [-0.15, -0.1) is 10.2 Å². The minimum atomic E-state index is -0.552. The average Bonchev–Trinajstić information content (AvgIpc) is 3.26. The van der Waals surface area contributed by atoms with E-state index in [0.29, 0.717) is 11.1 Å². The van der Waals surface area contributed by atoms with Gasteiger partial charge in [-0.2, -0.15) is 0 Å². The Kier molecular flexibility index (Phi) is 6.87. The fourth-order valence-electron chi connectivity index (χ4n) is 3.04. The predicted molar refractivity (Wildman–Crippen MR) is 125 cm³/mol. The van der Waals surface area contributed by atoms with Gasteiger partial charge in [-0.25, -0.2) is 0 Å². The molecule has 4 aromatic rings. The first-order chi connectivity index (χ1) is 15.6. The summed E-state index contributed by atoms with van der Waals surface area (Å²) in [7, 11) is 0. The van der Waals surface area contributed by atoms with Crippen LogP contribution in [0.3, 0.4) is 0 Å². The molecule has 0 radical (unpaired) electrons. The number of benzene rings is 3. The van der Waals surface area contributed by atoms with Crippen molar-refractivity contribution in [2.75, 3.05) is 5.32 Å². The topological polar surface area (TPSA) is 77.2 Å². The summed E-state index contributed by atoms with van der Waals surface area (Å²) in [4.78, 5) is 13.1. The lowest BCUT2D eigenvalue weighted by Crippen LogP contribution is -2.19. The molecule has 4 rings (SSSR count). The number of carbonyl (C=O) groups is 1. The number of aryl methyl sites for hydroxylation is 2. The molecule has 1 heterocycles. The van der Waals surface area contributed by atoms with Crippen LogP contribution >= 0.6 is 11.8 Å². The first kappa shape index (κ1) is 21.6. The molecule has 32 heavy (non-hydrogen) atoms. The van der Waals surface area contributed by atoms with Gasteiger partial charge in [0, 0.05) is 5.69 Å². The number of carbonyl (C=O) groups excluding carboxylic acids is 1. The Morgan fingerprint density at radius 2 is 1.75 bits per heavy atom. The van der Waals surface area contributed by atoms with E-state index in [9.17, 15) is 4.79 Å². The molecule has 0 fully saturated rings. The fraction of sp³-hybridized carbons (Fsp3) is 0.160.